The molecule has 2 rings (SSSR count). The van der Waals surface area contributed by atoms with Gasteiger partial charge in [0.1, 0.15) is 18.3 Å². The predicted octanol–water partition coefficient (Wildman–Crippen LogP) is 3.42. The molecule has 112 valence electrons. The second-order valence-electron chi connectivity index (χ2n) is 6.15. The first kappa shape index (κ1) is 15.7. The predicted molar refractivity (Wildman–Crippen MR) is 84.9 cm³/mol. The van der Waals surface area contributed by atoms with Crippen LogP contribution in [0, 0.1) is 5.41 Å². The normalized spacial score (nSPS) is 15.3. The van der Waals surface area contributed by atoms with Crippen molar-refractivity contribution < 1.29 is 5.11 Å². The molecule has 0 aliphatic heterocycles. The van der Waals surface area contributed by atoms with Gasteiger partial charge >= 0.3 is 0 Å². The smallest absolute Gasteiger partial charge is 0.137 e. The summed E-state index contributed by atoms with van der Waals surface area (Å²) in [6, 6.07) is 7.48. The van der Waals surface area contributed by atoms with E-state index in [0.717, 1.165) is 5.56 Å². The van der Waals surface area contributed by atoms with Crippen molar-refractivity contribution in [3.05, 3.63) is 53.6 Å². The van der Waals surface area contributed by atoms with Gasteiger partial charge in [-0.1, -0.05) is 56.7 Å². The third-order valence-electron chi connectivity index (χ3n) is 3.59. The maximum atomic E-state index is 11.0. The van der Waals surface area contributed by atoms with Crippen LogP contribution < -0.4 is 0 Å². The Kier molecular flexibility index (Phi) is 4.49. The summed E-state index contributed by atoms with van der Waals surface area (Å²) in [5.74, 6) is 0. The molecule has 0 saturated carbocycles. The Labute approximate surface area is 130 Å². The van der Waals surface area contributed by atoms with E-state index in [9.17, 15) is 5.11 Å². The summed E-state index contributed by atoms with van der Waals surface area (Å²) >= 11 is 5.88. The van der Waals surface area contributed by atoms with Crippen LogP contribution in [0.25, 0.3) is 6.08 Å². The molecule has 21 heavy (non-hydrogen) atoms. The van der Waals surface area contributed by atoms with Crippen molar-refractivity contribution in [3.8, 4) is 0 Å². The molecule has 1 N–H and O–H groups in total. The van der Waals surface area contributed by atoms with Crippen molar-refractivity contribution in [2.24, 2.45) is 5.41 Å². The molecule has 0 fully saturated rings. The van der Waals surface area contributed by atoms with Crippen LogP contribution in [-0.2, 0) is 6.54 Å². The minimum atomic E-state index is -1.04. The molecule has 1 atom stereocenters. The van der Waals surface area contributed by atoms with Crippen molar-refractivity contribution in [2.45, 2.75) is 32.9 Å². The van der Waals surface area contributed by atoms with E-state index in [2.05, 4.69) is 10.1 Å². The van der Waals surface area contributed by atoms with E-state index in [1.807, 2.05) is 57.2 Å². The molecule has 0 saturated heterocycles. The Balaban J connectivity index is 2.26. The van der Waals surface area contributed by atoms with Gasteiger partial charge in [0.15, 0.2) is 0 Å². The van der Waals surface area contributed by atoms with Gasteiger partial charge < -0.3 is 5.11 Å². The zero-order chi connectivity index (χ0) is 15.5. The summed E-state index contributed by atoms with van der Waals surface area (Å²) < 4.78 is 1.64. The van der Waals surface area contributed by atoms with E-state index in [1.54, 1.807) is 11.0 Å². The zero-order valence-corrected chi connectivity index (χ0v) is 13.2. The number of aliphatic hydroxyl groups is 1. The minimum absolute atomic E-state index is 0.345. The highest BCUT2D eigenvalue weighted by atomic mass is 35.5. The lowest BCUT2D eigenvalue weighted by molar-refractivity contribution is -0.0297. The standard InChI is InChI=1S/C16H20ClN3O/c1-15(2,3)16(21,10-20-12-18-11-19-20)9-8-13-4-6-14(17)7-5-13/h4-9,11-12,21H,10H2,1-3H3/b9-8-. The van der Waals surface area contributed by atoms with Crippen LogP contribution in [0.2, 0.25) is 5.02 Å². The third kappa shape index (κ3) is 3.93. The fraction of sp³-hybridized carbons (Fsp3) is 0.375. The summed E-state index contributed by atoms with van der Waals surface area (Å²) in [6.45, 7) is 6.34. The Hall–Kier alpha value is -1.65. The molecule has 4 nitrogen and oxygen atoms in total. The van der Waals surface area contributed by atoms with Crippen molar-refractivity contribution in [1.82, 2.24) is 14.8 Å². The molecule has 0 radical (unpaired) electrons. The van der Waals surface area contributed by atoms with E-state index in [1.165, 1.54) is 6.33 Å². The van der Waals surface area contributed by atoms with Crippen LogP contribution in [0.15, 0.2) is 43.0 Å². The van der Waals surface area contributed by atoms with Crippen LogP contribution in [-0.4, -0.2) is 25.5 Å². The SMILES string of the molecule is CC(C)(C)C(O)(/C=C\c1ccc(Cl)cc1)Cn1cncn1. The van der Waals surface area contributed by atoms with Crippen LogP contribution in [0.1, 0.15) is 26.3 Å². The van der Waals surface area contributed by atoms with E-state index < -0.39 is 5.60 Å². The highest BCUT2D eigenvalue weighted by Gasteiger charge is 2.38. The average Bonchev–Trinajstić information content (AvgIpc) is 2.89. The molecule has 0 bridgehead atoms. The highest BCUT2D eigenvalue weighted by molar-refractivity contribution is 6.30. The lowest BCUT2D eigenvalue weighted by atomic mass is 9.76. The topological polar surface area (TPSA) is 50.9 Å². The van der Waals surface area contributed by atoms with Crippen molar-refractivity contribution in [2.75, 3.05) is 0 Å². The molecule has 2 aromatic rings. The summed E-state index contributed by atoms with van der Waals surface area (Å²) in [7, 11) is 0. The molecule has 0 aliphatic carbocycles. The van der Waals surface area contributed by atoms with Crippen LogP contribution in [0.4, 0.5) is 0 Å². The molecule has 1 unspecified atom stereocenters. The quantitative estimate of drug-likeness (QED) is 0.941. The second kappa shape index (κ2) is 6.00. The largest absolute Gasteiger partial charge is 0.383 e. The summed E-state index contributed by atoms with van der Waals surface area (Å²) in [6.07, 6.45) is 6.79. The monoisotopic (exact) mass is 305 g/mol. The first-order valence-electron chi connectivity index (χ1n) is 6.80. The number of aromatic nitrogens is 3. The summed E-state index contributed by atoms with van der Waals surface area (Å²) in [5, 5.41) is 15.8. The van der Waals surface area contributed by atoms with E-state index >= 15 is 0 Å². The fourth-order valence-electron chi connectivity index (χ4n) is 1.91. The molecule has 0 spiro atoms. The van der Waals surface area contributed by atoms with Crippen molar-refractivity contribution >= 4 is 17.7 Å². The lowest BCUT2D eigenvalue weighted by Crippen LogP contribution is -2.44. The number of nitrogens with zero attached hydrogens (tertiary/aromatic N) is 3. The third-order valence-corrected chi connectivity index (χ3v) is 3.84. The van der Waals surface area contributed by atoms with E-state index in [4.69, 9.17) is 11.6 Å². The minimum Gasteiger partial charge on any atom is -0.383 e. The van der Waals surface area contributed by atoms with Gasteiger partial charge in [-0.15, -0.1) is 0 Å². The summed E-state index contributed by atoms with van der Waals surface area (Å²) in [4.78, 5) is 3.92. The van der Waals surface area contributed by atoms with Gasteiger partial charge in [-0.2, -0.15) is 5.10 Å². The Bertz CT molecular complexity index is 599. The molecule has 1 aromatic carbocycles. The molecular weight excluding hydrogens is 286 g/mol. The van der Waals surface area contributed by atoms with Crippen LogP contribution in [0.3, 0.4) is 0 Å². The van der Waals surface area contributed by atoms with Gasteiger partial charge in [0.25, 0.3) is 0 Å². The van der Waals surface area contributed by atoms with Gasteiger partial charge in [0.05, 0.1) is 6.54 Å². The fourth-order valence-corrected chi connectivity index (χ4v) is 2.04. The van der Waals surface area contributed by atoms with Gasteiger partial charge in [0, 0.05) is 5.02 Å². The molecular formula is C16H20ClN3O. The number of rotatable bonds is 4. The van der Waals surface area contributed by atoms with Gasteiger partial charge in [-0.25, -0.2) is 9.67 Å². The first-order chi connectivity index (χ1) is 9.80. The Morgan fingerprint density at radius 3 is 2.43 bits per heavy atom. The second-order valence-corrected chi connectivity index (χ2v) is 6.59. The zero-order valence-electron chi connectivity index (χ0n) is 12.5. The van der Waals surface area contributed by atoms with E-state index in [-0.39, 0.29) is 5.41 Å². The Morgan fingerprint density at radius 1 is 1.24 bits per heavy atom. The number of hydrogen-bond donors (Lipinski definition) is 1. The molecule has 1 heterocycles. The van der Waals surface area contributed by atoms with Gasteiger partial charge in [-0.3, -0.25) is 0 Å². The number of halogens is 1. The van der Waals surface area contributed by atoms with Gasteiger partial charge in [0.2, 0.25) is 0 Å². The summed E-state index contributed by atoms with van der Waals surface area (Å²) in [5.41, 5.74) is -0.400. The van der Waals surface area contributed by atoms with E-state index in [0.29, 0.717) is 11.6 Å². The molecule has 0 aliphatic rings. The highest BCUT2D eigenvalue weighted by Crippen LogP contribution is 2.33. The first-order valence-corrected chi connectivity index (χ1v) is 7.18. The average molecular weight is 306 g/mol. The van der Waals surface area contributed by atoms with Gasteiger partial charge in [-0.05, 0) is 23.1 Å². The van der Waals surface area contributed by atoms with Crippen LogP contribution in [0.5, 0.6) is 0 Å². The Morgan fingerprint density at radius 2 is 1.90 bits per heavy atom. The van der Waals surface area contributed by atoms with Crippen molar-refractivity contribution in [1.29, 1.82) is 0 Å². The number of benzene rings is 1. The van der Waals surface area contributed by atoms with Crippen LogP contribution >= 0.6 is 11.6 Å². The molecule has 5 heteroatoms. The maximum Gasteiger partial charge on any atom is 0.137 e. The maximum absolute atomic E-state index is 11.0. The molecule has 1 aromatic heterocycles. The number of hydrogen-bond acceptors (Lipinski definition) is 3. The molecule has 0 amide bonds. The lowest BCUT2D eigenvalue weighted by Gasteiger charge is -2.37. The van der Waals surface area contributed by atoms with Crippen molar-refractivity contribution in [3.63, 3.8) is 0 Å².